The molecule has 2 N–H and O–H groups in total. The molecule has 92 valence electrons. The lowest BCUT2D eigenvalue weighted by molar-refractivity contribution is 0.0764. The number of halogens is 1. The highest BCUT2D eigenvalue weighted by molar-refractivity contribution is 7.80. The van der Waals surface area contributed by atoms with Gasteiger partial charge in [0.15, 0.2) is 0 Å². The summed E-state index contributed by atoms with van der Waals surface area (Å²) in [6.07, 6.45) is 0.448. The summed E-state index contributed by atoms with van der Waals surface area (Å²) in [6, 6.07) is 5.94. The summed E-state index contributed by atoms with van der Waals surface area (Å²) < 4.78 is 13.4. The van der Waals surface area contributed by atoms with Gasteiger partial charge in [-0.15, -0.1) is 0 Å². The quantitative estimate of drug-likeness (QED) is 0.817. The number of carbonyl (C=O) groups excluding carboxylic acids is 1. The molecule has 0 unspecified atom stereocenters. The van der Waals surface area contributed by atoms with Gasteiger partial charge in [-0.2, -0.15) is 0 Å². The van der Waals surface area contributed by atoms with Crippen LogP contribution in [-0.4, -0.2) is 28.9 Å². The maximum Gasteiger partial charge on any atom is 0.256 e. The van der Waals surface area contributed by atoms with Gasteiger partial charge in [-0.1, -0.05) is 24.4 Å². The van der Waals surface area contributed by atoms with Crippen LogP contribution in [-0.2, 0) is 0 Å². The maximum absolute atomic E-state index is 13.4. The van der Waals surface area contributed by atoms with Crippen LogP contribution in [0.25, 0.3) is 0 Å². The average molecular weight is 254 g/mol. The van der Waals surface area contributed by atoms with Gasteiger partial charge in [0.25, 0.3) is 5.91 Å². The number of rotatable bonds is 5. The summed E-state index contributed by atoms with van der Waals surface area (Å²) in [4.78, 5) is 13.9. The maximum atomic E-state index is 13.4. The molecule has 0 fully saturated rings. The zero-order valence-corrected chi connectivity index (χ0v) is 10.5. The molecule has 0 bridgehead atoms. The molecular formula is C12H15FN2OS. The smallest absolute Gasteiger partial charge is 0.256 e. The van der Waals surface area contributed by atoms with Crippen molar-refractivity contribution in [2.45, 2.75) is 13.3 Å². The summed E-state index contributed by atoms with van der Waals surface area (Å²) in [7, 11) is 0. The number of thiocarbonyl (C=S) groups is 1. The zero-order chi connectivity index (χ0) is 12.8. The van der Waals surface area contributed by atoms with Crippen molar-refractivity contribution in [1.29, 1.82) is 0 Å². The van der Waals surface area contributed by atoms with Gasteiger partial charge in [-0.25, -0.2) is 4.39 Å². The molecule has 5 heteroatoms. The number of hydrogen-bond donors (Lipinski definition) is 1. The Hall–Kier alpha value is -1.49. The van der Waals surface area contributed by atoms with E-state index in [1.807, 2.05) is 6.92 Å². The van der Waals surface area contributed by atoms with Crippen molar-refractivity contribution in [3.05, 3.63) is 35.6 Å². The molecule has 3 nitrogen and oxygen atoms in total. The lowest BCUT2D eigenvalue weighted by Crippen LogP contribution is -2.34. The average Bonchev–Trinajstić information content (AvgIpc) is 2.29. The fourth-order valence-corrected chi connectivity index (χ4v) is 1.54. The van der Waals surface area contributed by atoms with E-state index in [0.29, 0.717) is 24.5 Å². The second kappa shape index (κ2) is 6.30. The predicted octanol–water partition coefficient (Wildman–Crippen LogP) is 1.96. The van der Waals surface area contributed by atoms with Crippen LogP contribution < -0.4 is 5.73 Å². The minimum atomic E-state index is -0.508. The highest BCUT2D eigenvalue weighted by Gasteiger charge is 2.17. The Kier molecular flexibility index (Phi) is 5.03. The second-order valence-corrected chi connectivity index (χ2v) is 4.11. The monoisotopic (exact) mass is 254 g/mol. The van der Waals surface area contributed by atoms with Gasteiger partial charge >= 0.3 is 0 Å². The van der Waals surface area contributed by atoms with Crippen LogP contribution in [0.1, 0.15) is 23.7 Å². The number of carbonyl (C=O) groups is 1. The first-order valence-corrected chi connectivity index (χ1v) is 5.79. The molecule has 0 aliphatic heterocycles. The highest BCUT2D eigenvalue weighted by atomic mass is 32.1. The number of amides is 1. The van der Waals surface area contributed by atoms with E-state index in [-0.39, 0.29) is 11.5 Å². The van der Waals surface area contributed by atoms with Gasteiger partial charge in [0.05, 0.1) is 10.6 Å². The van der Waals surface area contributed by atoms with Crippen molar-refractivity contribution in [2.75, 3.05) is 13.1 Å². The Bertz CT molecular complexity index is 423. The third kappa shape index (κ3) is 3.78. The number of benzene rings is 1. The summed E-state index contributed by atoms with van der Waals surface area (Å²) in [6.45, 7) is 2.74. The van der Waals surface area contributed by atoms with E-state index in [2.05, 4.69) is 0 Å². The summed E-state index contributed by atoms with van der Waals surface area (Å²) in [5, 5.41) is 0. The van der Waals surface area contributed by atoms with Gasteiger partial charge < -0.3 is 10.6 Å². The van der Waals surface area contributed by atoms with E-state index in [1.165, 1.54) is 17.0 Å². The van der Waals surface area contributed by atoms with Crippen molar-refractivity contribution >= 4 is 23.1 Å². The minimum Gasteiger partial charge on any atom is -0.393 e. The molecule has 0 radical (unpaired) electrons. The molecule has 1 aromatic carbocycles. The van der Waals surface area contributed by atoms with E-state index < -0.39 is 5.82 Å². The van der Waals surface area contributed by atoms with Crippen LogP contribution in [0, 0.1) is 5.82 Å². The molecule has 0 aliphatic carbocycles. The summed E-state index contributed by atoms with van der Waals surface area (Å²) in [5.41, 5.74) is 5.46. The summed E-state index contributed by atoms with van der Waals surface area (Å²) in [5.74, 6) is -0.840. The van der Waals surface area contributed by atoms with Crippen LogP contribution in [0.5, 0.6) is 0 Å². The molecular weight excluding hydrogens is 239 g/mol. The Balaban J connectivity index is 2.79. The van der Waals surface area contributed by atoms with Crippen molar-refractivity contribution < 1.29 is 9.18 Å². The van der Waals surface area contributed by atoms with E-state index >= 15 is 0 Å². The van der Waals surface area contributed by atoms with Gasteiger partial charge in [0, 0.05) is 19.5 Å². The van der Waals surface area contributed by atoms with Crippen molar-refractivity contribution in [2.24, 2.45) is 5.73 Å². The van der Waals surface area contributed by atoms with Gasteiger partial charge in [-0.3, -0.25) is 4.79 Å². The number of nitrogens with zero attached hydrogens (tertiary/aromatic N) is 1. The lowest BCUT2D eigenvalue weighted by atomic mass is 10.2. The van der Waals surface area contributed by atoms with Crippen molar-refractivity contribution in [3.63, 3.8) is 0 Å². The number of hydrogen-bond acceptors (Lipinski definition) is 2. The van der Waals surface area contributed by atoms with E-state index in [9.17, 15) is 9.18 Å². The Morgan fingerprint density at radius 1 is 1.47 bits per heavy atom. The fourth-order valence-electron chi connectivity index (χ4n) is 1.45. The van der Waals surface area contributed by atoms with E-state index in [4.69, 9.17) is 18.0 Å². The molecule has 0 saturated carbocycles. The molecule has 0 atom stereocenters. The normalized spacial score (nSPS) is 10.0. The molecule has 0 saturated heterocycles. The van der Waals surface area contributed by atoms with Crippen LogP contribution in [0.4, 0.5) is 4.39 Å². The first kappa shape index (κ1) is 13.6. The molecule has 0 aromatic heterocycles. The largest absolute Gasteiger partial charge is 0.393 e. The van der Waals surface area contributed by atoms with Crippen molar-refractivity contribution in [1.82, 2.24) is 4.90 Å². The van der Waals surface area contributed by atoms with Gasteiger partial charge in [0.1, 0.15) is 5.82 Å². The molecule has 1 rings (SSSR count). The number of nitrogens with two attached hydrogens (primary N) is 1. The Morgan fingerprint density at radius 2 is 2.12 bits per heavy atom. The zero-order valence-electron chi connectivity index (χ0n) is 9.65. The topological polar surface area (TPSA) is 46.3 Å². The van der Waals surface area contributed by atoms with Crippen LogP contribution in [0.2, 0.25) is 0 Å². The molecule has 0 spiro atoms. The highest BCUT2D eigenvalue weighted by Crippen LogP contribution is 2.10. The second-order valence-electron chi connectivity index (χ2n) is 3.58. The predicted molar refractivity (Wildman–Crippen MR) is 69.4 cm³/mol. The summed E-state index contributed by atoms with van der Waals surface area (Å²) >= 11 is 4.76. The fraction of sp³-hybridized carbons (Fsp3) is 0.333. The van der Waals surface area contributed by atoms with E-state index in [1.54, 1.807) is 12.1 Å². The van der Waals surface area contributed by atoms with E-state index in [0.717, 1.165) is 0 Å². The molecule has 1 amide bonds. The standard InChI is InChI=1S/C12H15FN2OS/c1-2-15(8-7-11(14)17)12(16)9-5-3-4-6-10(9)13/h3-6H,2,7-8H2,1H3,(H2,14,17). The first-order valence-electron chi connectivity index (χ1n) is 5.38. The van der Waals surface area contributed by atoms with Crippen LogP contribution >= 0.6 is 12.2 Å². The minimum absolute atomic E-state index is 0.0808. The van der Waals surface area contributed by atoms with Crippen LogP contribution in [0.3, 0.4) is 0 Å². The van der Waals surface area contributed by atoms with Crippen LogP contribution in [0.15, 0.2) is 24.3 Å². The first-order chi connectivity index (χ1) is 8.06. The Morgan fingerprint density at radius 3 is 2.65 bits per heavy atom. The molecule has 1 aromatic rings. The Labute approximate surface area is 105 Å². The lowest BCUT2D eigenvalue weighted by Gasteiger charge is -2.20. The van der Waals surface area contributed by atoms with Crippen molar-refractivity contribution in [3.8, 4) is 0 Å². The molecule has 0 heterocycles. The SMILES string of the molecule is CCN(CCC(N)=S)C(=O)c1ccccc1F. The van der Waals surface area contributed by atoms with Gasteiger partial charge in [0.2, 0.25) is 0 Å². The molecule has 0 aliphatic rings. The third-order valence-corrected chi connectivity index (χ3v) is 2.61. The molecule has 17 heavy (non-hydrogen) atoms. The van der Waals surface area contributed by atoms with Gasteiger partial charge in [-0.05, 0) is 19.1 Å². The third-order valence-electron chi connectivity index (χ3n) is 2.40.